The zero-order chi connectivity index (χ0) is 16.6. The predicted molar refractivity (Wildman–Crippen MR) is 105 cm³/mol. The molecule has 1 saturated heterocycles. The second-order valence-electron chi connectivity index (χ2n) is 6.24. The molecular formula is C18H26N4S2. The molecule has 2 aromatic heterocycles. The summed E-state index contributed by atoms with van der Waals surface area (Å²) >= 11 is 3.59. The molecule has 24 heavy (non-hydrogen) atoms. The Morgan fingerprint density at radius 3 is 2.79 bits per heavy atom. The van der Waals surface area contributed by atoms with Crippen molar-refractivity contribution in [3.05, 3.63) is 44.8 Å². The van der Waals surface area contributed by atoms with Gasteiger partial charge in [-0.2, -0.15) is 11.3 Å². The number of nitrogens with zero attached hydrogens (tertiary/aromatic N) is 2. The summed E-state index contributed by atoms with van der Waals surface area (Å²) in [6, 6.07) is 6.53. The Hall–Kier alpha value is -1.37. The van der Waals surface area contributed by atoms with Gasteiger partial charge < -0.3 is 10.6 Å². The number of hydrogen-bond acceptors (Lipinski definition) is 4. The van der Waals surface area contributed by atoms with Gasteiger partial charge in [0.2, 0.25) is 0 Å². The number of aliphatic imine (C=N–C) groups is 1. The summed E-state index contributed by atoms with van der Waals surface area (Å²) < 4.78 is 0. The van der Waals surface area contributed by atoms with E-state index in [-0.39, 0.29) is 0 Å². The molecule has 0 amide bonds. The quantitative estimate of drug-likeness (QED) is 0.611. The Balaban J connectivity index is 1.34. The van der Waals surface area contributed by atoms with Crippen LogP contribution in [0.4, 0.5) is 0 Å². The highest BCUT2D eigenvalue weighted by Crippen LogP contribution is 2.20. The van der Waals surface area contributed by atoms with E-state index in [0.29, 0.717) is 0 Å². The molecule has 1 fully saturated rings. The Bertz CT molecular complexity index is 599. The van der Waals surface area contributed by atoms with Crippen molar-refractivity contribution >= 4 is 28.6 Å². The third-order valence-corrected chi connectivity index (χ3v) is 6.08. The predicted octanol–water partition coefficient (Wildman–Crippen LogP) is 3.39. The first-order valence-electron chi connectivity index (χ1n) is 8.54. The minimum absolute atomic E-state index is 0.740. The smallest absolute Gasteiger partial charge is 0.191 e. The SMILES string of the molecule is CN=C(NCc1ccsc1)NCC1CCN(Cc2cccs2)CC1. The molecule has 0 spiro atoms. The summed E-state index contributed by atoms with van der Waals surface area (Å²) in [4.78, 5) is 8.38. The lowest BCUT2D eigenvalue weighted by Crippen LogP contribution is -2.42. The van der Waals surface area contributed by atoms with E-state index in [4.69, 9.17) is 0 Å². The van der Waals surface area contributed by atoms with Gasteiger partial charge in [-0.25, -0.2) is 0 Å². The van der Waals surface area contributed by atoms with Gasteiger partial charge in [0, 0.05) is 31.6 Å². The standard InChI is InChI=1S/C18H26N4S2/c1-19-18(21-12-16-6-10-23-14-16)20-11-15-4-7-22(8-5-15)13-17-3-2-9-24-17/h2-3,6,9-10,14-15H,4-5,7-8,11-13H2,1H3,(H2,19,20,21). The molecule has 0 saturated carbocycles. The van der Waals surface area contributed by atoms with Gasteiger partial charge in [0.25, 0.3) is 0 Å². The molecule has 0 aliphatic carbocycles. The van der Waals surface area contributed by atoms with Crippen LogP contribution in [0.5, 0.6) is 0 Å². The van der Waals surface area contributed by atoms with E-state index >= 15 is 0 Å². The van der Waals surface area contributed by atoms with Crippen LogP contribution in [-0.2, 0) is 13.1 Å². The van der Waals surface area contributed by atoms with Gasteiger partial charge in [0.1, 0.15) is 0 Å². The van der Waals surface area contributed by atoms with Crippen LogP contribution in [0.25, 0.3) is 0 Å². The van der Waals surface area contributed by atoms with Gasteiger partial charge in [-0.3, -0.25) is 9.89 Å². The molecule has 0 bridgehead atoms. The third kappa shape index (κ3) is 5.33. The Morgan fingerprint density at radius 1 is 1.25 bits per heavy atom. The van der Waals surface area contributed by atoms with Crippen LogP contribution in [0.15, 0.2) is 39.3 Å². The van der Waals surface area contributed by atoms with Crippen LogP contribution in [0.2, 0.25) is 0 Å². The van der Waals surface area contributed by atoms with E-state index in [1.807, 2.05) is 18.4 Å². The molecule has 0 radical (unpaired) electrons. The lowest BCUT2D eigenvalue weighted by Gasteiger charge is -2.32. The first-order chi connectivity index (χ1) is 11.8. The van der Waals surface area contributed by atoms with Crippen molar-refractivity contribution in [1.29, 1.82) is 0 Å². The van der Waals surface area contributed by atoms with Crippen molar-refractivity contribution in [2.45, 2.75) is 25.9 Å². The van der Waals surface area contributed by atoms with Gasteiger partial charge in [-0.15, -0.1) is 11.3 Å². The average Bonchev–Trinajstić information content (AvgIpc) is 3.30. The molecular weight excluding hydrogens is 336 g/mol. The molecule has 6 heteroatoms. The molecule has 3 rings (SSSR count). The maximum Gasteiger partial charge on any atom is 0.191 e. The molecule has 2 N–H and O–H groups in total. The second kappa shape index (κ2) is 9.20. The summed E-state index contributed by atoms with van der Waals surface area (Å²) in [5.74, 6) is 1.64. The van der Waals surface area contributed by atoms with E-state index in [2.05, 4.69) is 54.9 Å². The van der Waals surface area contributed by atoms with Gasteiger partial charge in [0.05, 0.1) is 0 Å². The molecule has 0 atom stereocenters. The normalized spacial score (nSPS) is 17.1. The molecule has 1 aliphatic heterocycles. The molecule has 0 unspecified atom stereocenters. The molecule has 2 aromatic rings. The van der Waals surface area contributed by atoms with Crippen molar-refractivity contribution in [1.82, 2.24) is 15.5 Å². The number of nitrogens with one attached hydrogen (secondary N) is 2. The number of thiophene rings is 2. The zero-order valence-corrected chi connectivity index (χ0v) is 15.8. The molecule has 0 aromatic carbocycles. The van der Waals surface area contributed by atoms with Crippen molar-refractivity contribution in [3.63, 3.8) is 0 Å². The Morgan fingerprint density at radius 2 is 2.12 bits per heavy atom. The van der Waals surface area contributed by atoms with Crippen LogP contribution in [-0.4, -0.2) is 37.5 Å². The van der Waals surface area contributed by atoms with Gasteiger partial charge in [0.15, 0.2) is 5.96 Å². The fraction of sp³-hybridized carbons (Fsp3) is 0.500. The van der Waals surface area contributed by atoms with Gasteiger partial charge >= 0.3 is 0 Å². The van der Waals surface area contributed by atoms with Crippen molar-refractivity contribution in [2.24, 2.45) is 10.9 Å². The monoisotopic (exact) mass is 362 g/mol. The van der Waals surface area contributed by atoms with E-state index in [1.54, 1.807) is 11.3 Å². The lowest BCUT2D eigenvalue weighted by molar-refractivity contribution is 0.179. The van der Waals surface area contributed by atoms with E-state index in [9.17, 15) is 0 Å². The van der Waals surface area contributed by atoms with Crippen LogP contribution < -0.4 is 10.6 Å². The van der Waals surface area contributed by atoms with Gasteiger partial charge in [-0.1, -0.05) is 6.07 Å². The summed E-state index contributed by atoms with van der Waals surface area (Å²) in [5, 5.41) is 13.3. The second-order valence-corrected chi connectivity index (χ2v) is 8.05. The minimum Gasteiger partial charge on any atom is -0.356 e. The lowest BCUT2D eigenvalue weighted by atomic mass is 9.97. The largest absolute Gasteiger partial charge is 0.356 e. The minimum atomic E-state index is 0.740. The van der Waals surface area contributed by atoms with Crippen LogP contribution in [0.1, 0.15) is 23.3 Å². The maximum absolute atomic E-state index is 4.33. The molecule has 1 aliphatic rings. The van der Waals surface area contributed by atoms with Crippen LogP contribution in [0, 0.1) is 5.92 Å². The van der Waals surface area contributed by atoms with Gasteiger partial charge in [-0.05, 0) is 65.7 Å². The highest BCUT2D eigenvalue weighted by Gasteiger charge is 2.19. The van der Waals surface area contributed by atoms with E-state index in [1.165, 1.54) is 36.4 Å². The van der Waals surface area contributed by atoms with E-state index < -0.39 is 0 Å². The average molecular weight is 363 g/mol. The fourth-order valence-electron chi connectivity index (χ4n) is 3.01. The Labute approximate surface area is 152 Å². The number of rotatable bonds is 6. The van der Waals surface area contributed by atoms with Crippen LogP contribution >= 0.6 is 22.7 Å². The van der Waals surface area contributed by atoms with Crippen LogP contribution in [0.3, 0.4) is 0 Å². The molecule has 4 nitrogen and oxygen atoms in total. The summed E-state index contributed by atoms with van der Waals surface area (Å²) in [6.07, 6.45) is 2.53. The summed E-state index contributed by atoms with van der Waals surface area (Å²) in [5.41, 5.74) is 1.31. The highest BCUT2D eigenvalue weighted by molar-refractivity contribution is 7.09. The summed E-state index contributed by atoms with van der Waals surface area (Å²) in [6.45, 7) is 5.36. The fourth-order valence-corrected chi connectivity index (χ4v) is 4.43. The maximum atomic E-state index is 4.33. The molecule has 3 heterocycles. The first kappa shape index (κ1) is 17.5. The number of hydrogen-bond donors (Lipinski definition) is 2. The first-order valence-corrected chi connectivity index (χ1v) is 10.4. The summed E-state index contributed by atoms with van der Waals surface area (Å²) in [7, 11) is 1.84. The highest BCUT2D eigenvalue weighted by atomic mass is 32.1. The van der Waals surface area contributed by atoms with Crippen molar-refractivity contribution in [2.75, 3.05) is 26.7 Å². The van der Waals surface area contributed by atoms with E-state index in [0.717, 1.165) is 31.5 Å². The number of likely N-dealkylation sites (tertiary alicyclic amines) is 1. The third-order valence-electron chi connectivity index (χ3n) is 4.49. The number of piperidine rings is 1. The van der Waals surface area contributed by atoms with Crippen molar-refractivity contribution < 1.29 is 0 Å². The Kier molecular flexibility index (Phi) is 6.69. The topological polar surface area (TPSA) is 39.7 Å². The number of guanidine groups is 1. The zero-order valence-electron chi connectivity index (χ0n) is 14.2. The van der Waals surface area contributed by atoms with Crippen molar-refractivity contribution in [3.8, 4) is 0 Å². The molecule has 130 valence electrons.